The number of nitrogens with zero attached hydrogens (tertiary/aromatic N) is 2. The molecule has 1 aromatic carbocycles. The van der Waals surface area contributed by atoms with Crippen molar-refractivity contribution in [2.75, 3.05) is 18.4 Å². The maximum atomic E-state index is 12.0. The predicted octanol–water partition coefficient (Wildman–Crippen LogP) is 2.36. The Bertz CT molecular complexity index is 767. The van der Waals surface area contributed by atoms with E-state index in [0.717, 1.165) is 37.5 Å². The predicted molar refractivity (Wildman–Crippen MR) is 97.8 cm³/mol. The van der Waals surface area contributed by atoms with E-state index >= 15 is 0 Å². The average Bonchev–Trinajstić information content (AvgIpc) is 3.03. The van der Waals surface area contributed by atoms with E-state index in [0.29, 0.717) is 5.76 Å². The topological polar surface area (TPSA) is 87.5 Å². The number of piperidine rings is 1. The van der Waals surface area contributed by atoms with E-state index in [-0.39, 0.29) is 11.9 Å². The Hall–Kier alpha value is -2.38. The molecule has 8 heteroatoms. The summed E-state index contributed by atoms with van der Waals surface area (Å²) >= 11 is 5.90. The number of hydrogen-bond acceptors (Lipinski definition) is 5. The number of rotatable bonds is 4. The number of aromatic nitrogens is 1. The van der Waals surface area contributed by atoms with Crippen LogP contribution in [0.25, 0.3) is 0 Å². The summed E-state index contributed by atoms with van der Waals surface area (Å²) in [6.07, 6.45) is 1.60. The van der Waals surface area contributed by atoms with Crippen molar-refractivity contribution < 1.29 is 14.1 Å². The van der Waals surface area contributed by atoms with Gasteiger partial charge in [-0.1, -0.05) is 28.9 Å². The molecule has 1 aliphatic heterocycles. The fraction of sp³-hybridized carbons (Fsp3) is 0.389. The highest BCUT2D eigenvalue weighted by atomic mass is 35.5. The molecule has 1 aromatic heterocycles. The van der Waals surface area contributed by atoms with Gasteiger partial charge in [-0.2, -0.15) is 0 Å². The zero-order chi connectivity index (χ0) is 18.5. The van der Waals surface area contributed by atoms with Crippen molar-refractivity contribution in [2.45, 2.75) is 32.4 Å². The Morgan fingerprint density at radius 2 is 1.92 bits per heavy atom. The summed E-state index contributed by atoms with van der Waals surface area (Å²) in [5.41, 5.74) is 1.21. The lowest BCUT2D eigenvalue weighted by Gasteiger charge is -2.32. The highest BCUT2D eigenvalue weighted by Gasteiger charge is 2.24. The van der Waals surface area contributed by atoms with Crippen LogP contribution in [0.1, 0.15) is 24.2 Å². The Morgan fingerprint density at radius 1 is 1.23 bits per heavy atom. The van der Waals surface area contributed by atoms with Crippen LogP contribution >= 0.6 is 11.6 Å². The summed E-state index contributed by atoms with van der Waals surface area (Å²) in [5.74, 6) is -0.585. The lowest BCUT2D eigenvalue weighted by atomic mass is 10.0. The molecule has 3 rings (SSSR count). The van der Waals surface area contributed by atoms with E-state index in [4.69, 9.17) is 16.1 Å². The van der Waals surface area contributed by atoms with Crippen molar-refractivity contribution in [1.82, 2.24) is 15.4 Å². The molecule has 0 atom stereocenters. The van der Waals surface area contributed by atoms with Gasteiger partial charge in [0.1, 0.15) is 5.76 Å². The minimum Gasteiger partial charge on any atom is -0.360 e. The van der Waals surface area contributed by atoms with Crippen LogP contribution < -0.4 is 10.6 Å². The number of hydrogen-bond donors (Lipinski definition) is 2. The molecule has 2 N–H and O–H groups in total. The maximum Gasteiger partial charge on any atom is 0.314 e. The quantitative estimate of drug-likeness (QED) is 0.800. The number of amides is 2. The average molecular weight is 377 g/mol. The van der Waals surface area contributed by atoms with Gasteiger partial charge in [-0.15, -0.1) is 0 Å². The number of likely N-dealkylation sites (tertiary alicyclic amines) is 1. The van der Waals surface area contributed by atoms with Crippen LogP contribution in [0.2, 0.25) is 5.02 Å². The molecule has 0 saturated carbocycles. The Labute approximate surface area is 156 Å². The second-order valence-electron chi connectivity index (χ2n) is 6.43. The zero-order valence-electron chi connectivity index (χ0n) is 14.5. The highest BCUT2D eigenvalue weighted by molar-refractivity contribution is 6.39. The molecule has 0 bridgehead atoms. The number of nitrogens with one attached hydrogen (secondary N) is 2. The first-order valence-electron chi connectivity index (χ1n) is 8.51. The Balaban J connectivity index is 1.42. The number of halogens is 1. The number of benzene rings is 1. The third kappa shape index (κ3) is 5.06. The third-order valence-electron chi connectivity index (χ3n) is 4.32. The summed E-state index contributed by atoms with van der Waals surface area (Å²) in [5, 5.41) is 9.57. The van der Waals surface area contributed by atoms with Crippen LogP contribution in [-0.2, 0) is 16.1 Å². The Kier molecular flexibility index (Phi) is 5.90. The smallest absolute Gasteiger partial charge is 0.314 e. The monoisotopic (exact) mass is 376 g/mol. The van der Waals surface area contributed by atoms with Crippen LogP contribution in [0.15, 0.2) is 34.9 Å². The van der Waals surface area contributed by atoms with E-state index in [1.54, 1.807) is 13.0 Å². The lowest BCUT2D eigenvalue weighted by Crippen LogP contribution is -2.47. The number of carbonyl (C=O) groups is 2. The number of carbonyl (C=O) groups excluding carboxylic acids is 2. The van der Waals surface area contributed by atoms with Gasteiger partial charge in [-0.3, -0.25) is 19.8 Å². The first kappa shape index (κ1) is 18.4. The van der Waals surface area contributed by atoms with Gasteiger partial charge in [0.05, 0.1) is 0 Å². The molecule has 0 radical (unpaired) electrons. The summed E-state index contributed by atoms with van der Waals surface area (Å²) in [6.45, 7) is 4.28. The Morgan fingerprint density at radius 3 is 2.54 bits per heavy atom. The molecule has 138 valence electrons. The fourth-order valence-corrected chi connectivity index (χ4v) is 3.06. The van der Waals surface area contributed by atoms with Gasteiger partial charge in [0.15, 0.2) is 5.82 Å². The van der Waals surface area contributed by atoms with E-state index < -0.39 is 11.8 Å². The van der Waals surface area contributed by atoms with Gasteiger partial charge >= 0.3 is 11.8 Å². The third-order valence-corrected chi connectivity index (χ3v) is 4.57. The molecular formula is C18H21ClN4O3. The molecular weight excluding hydrogens is 356 g/mol. The van der Waals surface area contributed by atoms with Gasteiger partial charge in [0.2, 0.25) is 0 Å². The van der Waals surface area contributed by atoms with Crippen LogP contribution in [0.3, 0.4) is 0 Å². The molecule has 0 aliphatic carbocycles. The molecule has 7 nitrogen and oxygen atoms in total. The number of anilines is 1. The van der Waals surface area contributed by atoms with Gasteiger partial charge < -0.3 is 9.84 Å². The first-order chi connectivity index (χ1) is 12.5. The fourth-order valence-electron chi connectivity index (χ4n) is 2.93. The van der Waals surface area contributed by atoms with Gasteiger partial charge in [-0.25, -0.2) is 0 Å². The lowest BCUT2D eigenvalue weighted by molar-refractivity contribution is -0.136. The molecule has 2 heterocycles. The first-order valence-corrected chi connectivity index (χ1v) is 8.89. The maximum absolute atomic E-state index is 12.0. The minimum absolute atomic E-state index is 0.00578. The van der Waals surface area contributed by atoms with Crippen LogP contribution in [0.4, 0.5) is 5.82 Å². The van der Waals surface area contributed by atoms with Crippen LogP contribution in [0.5, 0.6) is 0 Å². The molecule has 26 heavy (non-hydrogen) atoms. The largest absolute Gasteiger partial charge is 0.360 e. The summed E-state index contributed by atoms with van der Waals surface area (Å²) in [6, 6.07) is 9.37. The van der Waals surface area contributed by atoms with E-state index in [1.807, 2.05) is 24.3 Å². The van der Waals surface area contributed by atoms with E-state index in [2.05, 4.69) is 20.7 Å². The molecule has 2 amide bonds. The molecule has 1 fully saturated rings. The second-order valence-corrected chi connectivity index (χ2v) is 6.86. The molecule has 1 saturated heterocycles. The van der Waals surface area contributed by atoms with Gasteiger partial charge in [0, 0.05) is 36.8 Å². The highest BCUT2D eigenvalue weighted by Crippen LogP contribution is 2.16. The van der Waals surface area contributed by atoms with Crippen molar-refractivity contribution in [3.05, 3.63) is 46.7 Å². The second kappa shape index (κ2) is 8.33. The van der Waals surface area contributed by atoms with Crippen molar-refractivity contribution in [1.29, 1.82) is 0 Å². The summed E-state index contributed by atoms with van der Waals surface area (Å²) < 4.78 is 4.85. The van der Waals surface area contributed by atoms with Gasteiger partial charge in [0.25, 0.3) is 0 Å². The zero-order valence-corrected chi connectivity index (χ0v) is 15.3. The summed E-state index contributed by atoms with van der Waals surface area (Å²) in [4.78, 5) is 26.2. The number of aryl methyl sites for hydroxylation is 1. The van der Waals surface area contributed by atoms with E-state index in [1.165, 1.54) is 5.56 Å². The molecule has 2 aromatic rings. The van der Waals surface area contributed by atoms with Crippen molar-refractivity contribution >= 4 is 29.2 Å². The normalized spacial score (nSPS) is 15.6. The van der Waals surface area contributed by atoms with Crippen molar-refractivity contribution in [3.8, 4) is 0 Å². The standard InChI is InChI=1S/C18H21ClN4O3/c1-12-10-16(22-26-12)21-18(25)17(24)20-15-6-8-23(9-7-15)11-13-2-4-14(19)5-3-13/h2-5,10,15H,6-9,11H2,1H3,(H,20,24)(H,21,22,25). The van der Waals surface area contributed by atoms with Crippen LogP contribution in [-0.4, -0.2) is 41.0 Å². The molecule has 1 aliphatic rings. The van der Waals surface area contributed by atoms with Crippen molar-refractivity contribution in [3.63, 3.8) is 0 Å². The van der Waals surface area contributed by atoms with Gasteiger partial charge in [-0.05, 0) is 37.5 Å². The molecule has 0 spiro atoms. The summed E-state index contributed by atoms with van der Waals surface area (Å²) in [7, 11) is 0. The van der Waals surface area contributed by atoms with Crippen LogP contribution in [0, 0.1) is 6.92 Å². The van der Waals surface area contributed by atoms with Crippen molar-refractivity contribution in [2.24, 2.45) is 0 Å². The molecule has 0 unspecified atom stereocenters. The van der Waals surface area contributed by atoms with E-state index in [9.17, 15) is 9.59 Å². The minimum atomic E-state index is -0.734. The SMILES string of the molecule is Cc1cc(NC(=O)C(=O)NC2CCN(Cc3ccc(Cl)cc3)CC2)no1.